The number of nitrogens with zero attached hydrogens (tertiary/aromatic N) is 7. The van der Waals surface area contributed by atoms with Crippen molar-refractivity contribution in [2.24, 2.45) is 5.11 Å². The Bertz CT molecular complexity index is 882. The van der Waals surface area contributed by atoms with E-state index in [0.717, 1.165) is 22.5 Å². The van der Waals surface area contributed by atoms with Gasteiger partial charge >= 0.3 is 5.95 Å². The Hall–Kier alpha value is -3.18. The molecule has 0 saturated carbocycles. The third-order valence-corrected chi connectivity index (χ3v) is 3.52. The van der Waals surface area contributed by atoms with E-state index in [1.54, 1.807) is 4.68 Å². The van der Waals surface area contributed by atoms with Gasteiger partial charge in [0.2, 0.25) is 0 Å². The predicted molar refractivity (Wildman–Crippen MR) is 85.9 cm³/mol. The van der Waals surface area contributed by atoms with Gasteiger partial charge < -0.3 is 0 Å². The fourth-order valence-corrected chi connectivity index (χ4v) is 2.70. The van der Waals surface area contributed by atoms with E-state index in [2.05, 4.69) is 32.5 Å². The van der Waals surface area contributed by atoms with Crippen LogP contribution in [0.4, 0.5) is 5.95 Å². The van der Waals surface area contributed by atoms with E-state index in [4.69, 9.17) is 5.53 Å². The number of para-hydroxylation sites is 1. The van der Waals surface area contributed by atoms with Crippen molar-refractivity contribution < 1.29 is 4.68 Å². The van der Waals surface area contributed by atoms with Gasteiger partial charge in [0.25, 0.3) is 0 Å². The van der Waals surface area contributed by atoms with Gasteiger partial charge in [0.15, 0.2) is 0 Å². The van der Waals surface area contributed by atoms with Crippen LogP contribution in [0, 0.1) is 20.8 Å². The fraction of sp³-hybridized carbons (Fsp3) is 0.188. The number of rotatable bonds is 3. The lowest BCUT2D eigenvalue weighted by Gasteiger charge is -2.07. The van der Waals surface area contributed by atoms with Crippen molar-refractivity contribution >= 4 is 5.95 Å². The summed E-state index contributed by atoms with van der Waals surface area (Å²) < 4.78 is 1.58. The van der Waals surface area contributed by atoms with E-state index in [-0.39, 0.29) is 5.95 Å². The van der Waals surface area contributed by atoms with Gasteiger partial charge in [-0.05, 0) is 54.4 Å². The molecule has 0 saturated heterocycles. The Morgan fingerprint density at radius 1 is 1.09 bits per heavy atom. The van der Waals surface area contributed by atoms with Crippen LogP contribution in [0.1, 0.15) is 16.7 Å². The molecule has 7 nitrogen and oxygen atoms in total. The molecular formula is C16H16N7+. The molecule has 2 aromatic carbocycles. The van der Waals surface area contributed by atoms with E-state index in [0.29, 0.717) is 0 Å². The zero-order valence-electron chi connectivity index (χ0n) is 13.2. The largest absolute Gasteiger partial charge is 0.355 e. The standard InChI is InChI=1S/C16H16N7/c1-11-9-12(2)15(13(3)10-11)22-16(18-20-17)19-23(21-22)14-7-5-4-6-8-14/h4-10H,1-3H3/q+1. The van der Waals surface area contributed by atoms with Crippen LogP contribution in [0.15, 0.2) is 47.6 Å². The lowest BCUT2D eigenvalue weighted by Crippen LogP contribution is -2.36. The van der Waals surface area contributed by atoms with Gasteiger partial charge in [-0.3, -0.25) is 0 Å². The number of aryl methyl sites for hydroxylation is 3. The van der Waals surface area contributed by atoms with Crippen molar-refractivity contribution in [3.8, 4) is 11.4 Å². The first-order valence-electron chi connectivity index (χ1n) is 7.18. The normalized spacial score (nSPS) is 10.4. The van der Waals surface area contributed by atoms with Gasteiger partial charge in [0.1, 0.15) is 11.4 Å². The summed E-state index contributed by atoms with van der Waals surface area (Å²) in [6, 6.07) is 13.6. The molecule has 114 valence electrons. The predicted octanol–water partition coefficient (Wildman–Crippen LogP) is 3.41. The van der Waals surface area contributed by atoms with Crippen molar-refractivity contribution in [3.63, 3.8) is 0 Å². The molecule has 23 heavy (non-hydrogen) atoms. The monoisotopic (exact) mass is 306 g/mol. The zero-order chi connectivity index (χ0) is 16.4. The van der Waals surface area contributed by atoms with Crippen LogP contribution in [0.25, 0.3) is 21.8 Å². The first kappa shape index (κ1) is 14.7. The van der Waals surface area contributed by atoms with Crippen molar-refractivity contribution in [1.29, 1.82) is 0 Å². The highest BCUT2D eigenvalue weighted by Crippen LogP contribution is 2.18. The number of benzene rings is 2. The molecule has 0 aliphatic carbocycles. The summed E-state index contributed by atoms with van der Waals surface area (Å²) in [4.78, 5) is 4.33. The molecule has 1 aromatic heterocycles. The summed E-state index contributed by atoms with van der Waals surface area (Å²) in [7, 11) is 0. The molecule has 0 atom stereocenters. The van der Waals surface area contributed by atoms with E-state index < -0.39 is 0 Å². The maximum Gasteiger partial charge on any atom is 0.355 e. The number of aromatic nitrogens is 4. The number of hydrogen-bond acceptors (Lipinski definition) is 3. The summed E-state index contributed by atoms with van der Waals surface area (Å²) in [6.07, 6.45) is 0. The van der Waals surface area contributed by atoms with Gasteiger partial charge in [0, 0.05) is 20.3 Å². The number of tetrazole rings is 1. The SMILES string of the molecule is Cc1cc(C)c(-[n+]2nn(-c3ccccc3)nc2N=[N+]=[N-])c(C)c1. The highest BCUT2D eigenvalue weighted by molar-refractivity contribution is 5.43. The van der Waals surface area contributed by atoms with Gasteiger partial charge in [-0.2, -0.15) is 0 Å². The van der Waals surface area contributed by atoms with Gasteiger partial charge in [-0.25, -0.2) is 0 Å². The molecule has 0 radical (unpaired) electrons. The second kappa shape index (κ2) is 5.90. The van der Waals surface area contributed by atoms with Crippen LogP contribution in [-0.2, 0) is 0 Å². The molecule has 0 N–H and O–H groups in total. The molecule has 0 unspecified atom stereocenters. The maximum atomic E-state index is 8.82. The van der Waals surface area contributed by atoms with Crippen LogP contribution in [0.5, 0.6) is 0 Å². The molecule has 7 heteroatoms. The summed E-state index contributed by atoms with van der Waals surface area (Å²) in [6.45, 7) is 6.05. The van der Waals surface area contributed by atoms with E-state index in [1.165, 1.54) is 10.4 Å². The number of hydrogen-bond donors (Lipinski definition) is 0. The molecule has 0 bridgehead atoms. The second-order valence-corrected chi connectivity index (χ2v) is 5.36. The molecule has 0 spiro atoms. The summed E-state index contributed by atoms with van der Waals surface area (Å²) >= 11 is 0. The van der Waals surface area contributed by atoms with Crippen molar-refractivity contribution in [2.45, 2.75) is 20.8 Å². The van der Waals surface area contributed by atoms with Gasteiger partial charge in [-0.1, -0.05) is 35.9 Å². The Balaban J connectivity index is 2.24. The van der Waals surface area contributed by atoms with Crippen LogP contribution in [-0.4, -0.2) is 15.1 Å². The summed E-state index contributed by atoms with van der Waals surface area (Å²) in [5.74, 6) is 0.200. The second-order valence-electron chi connectivity index (χ2n) is 5.36. The topological polar surface area (TPSA) is 83.4 Å². The molecule has 0 amide bonds. The average molecular weight is 306 g/mol. The Morgan fingerprint density at radius 3 is 2.35 bits per heavy atom. The number of azide groups is 1. The minimum Gasteiger partial charge on any atom is -0.119 e. The van der Waals surface area contributed by atoms with Crippen LogP contribution >= 0.6 is 0 Å². The summed E-state index contributed by atoms with van der Waals surface area (Å²) in [5.41, 5.74) is 13.7. The molecule has 1 heterocycles. The molecular weight excluding hydrogens is 290 g/mol. The first-order chi connectivity index (χ1) is 11.1. The molecule has 0 fully saturated rings. The Labute approximate surface area is 133 Å². The van der Waals surface area contributed by atoms with Crippen molar-refractivity contribution in [2.75, 3.05) is 0 Å². The zero-order valence-corrected chi connectivity index (χ0v) is 13.2. The van der Waals surface area contributed by atoms with Gasteiger partial charge in [0.05, 0.1) is 0 Å². The van der Waals surface area contributed by atoms with Crippen LogP contribution in [0.2, 0.25) is 0 Å². The highest BCUT2D eigenvalue weighted by Gasteiger charge is 2.21. The Morgan fingerprint density at radius 2 is 1.74 bits per heavy atom. The lowest BCUT2D eigenvalue weighted by atomic mass is 10.1. The quantitative estimate of drug-likeness (QED) is 0.321. The van der Waals surface area contributed by atoms with Crippen molar-refractivity contribution in [3.05, 3.63) is 69.6 Å². The average Bonchev–Trinajstić information content (AvgIpc) is 2.91. The smallest absolute Gasteiger partial charge is 0.119 e. The van der Waals surface area contributed by atoms with E-state index >= 15 is 0 Å². The minimum atomic E-state index is 0.200. The molecule has 0 aliphatic heterocycles. The molecule has 3 rings (SSSR count). The van der Waals surface area contributed by atoms with Crippen LogP contribution < -0.4 is 4.68 Å². The highest BCUT2D eigenvalue weighted by atomic mass is 15.7. The van der Waals surface area contributed by atoms with E-state index in [9.17, 15) is 0 Å². The third kappa shape index (κ3) is 2.77. The van der Waals surface area contributed by atoms with Crippen LogP contribution in [0.3, 0.4) is 0 Å². The summed E-state index contributed by atoms with van der Waals surface area (Å²) in [5, 5.41) is 12.5. The van der Waals surface area contributed by atoms with Crippen molar-refractivity contribution in [1.82, 2.24) is 15.1 Å². The van der Waals surface area contributed by atoms with Gasteiger partial charge in [-0.15, -0.1) is 4.68 Å². The minimum absolute atomic E-state index is 0.200. The lowest BCUT2D eigenvalue weighted by molar-refractivity contribution is -0.649. The molecule has 0 aliphatic rings. The fourth-order valence-electron chi connectivity index (χ4n) is 2.70. The maximum absolute atomic E-state index is 8.82. The third-order valence-electron chi connectivity index (χ3n) is 3.52. The Kier molecular flexibility index (Phi) is 3.78. The first-order valence-corrected chi connectivity index (χ1v) is 7.18. The molecule has 3 aromatic rings. The van der Waals surface area contributed by atoms with E-state index in [1.807, 2.05) is 51.1 Å².